The Morgan fingerprint density at radius 2 is 2.33 bits per heavy atom. The molecule has 0 aromatic heterocycles. The lowest BCUT2D eigenvalue weighted by Crippen LogP contribution is -2.09. The van der Waals surface area contributed by atoms with Crippen molar-refractivity contribution >= 4 is 22.5 Å². The van der Waals surface area contributed by atoms with Crippen molar-refractivity contribution in [3.63, 3.8) is 0 Å². The van der Waals surface area contributed by atoms with Gasteiger partial charge in [0.15, 0.2) is 5.17 Å². The molecule has 0 fully saturated rings. The Morgan fingerprint density at radius 1 is 1.78 bits per heavy atom. The Kier molecular flexibility index (Phi) is 4.13. The van der Waals surface area contributed by atoms with Gasteiger partial charge in [-0.15, -0.1) is 0 Å². The summed E-state index contributed by atoms with van der Waals surface area (Å²) in [7, 11) is 0. The first-order valence-electron chi connectivity index (χ1n) is 2.65. The summed E-state index contributed by atoms with van der Waals surface area (Å²) in [4.78, 5) is 3.97. The predicted octanol–water partition coefficient (Wildman–Crippen LogP) is 1.05. The topological polar surface area (TPSA) is 62.2 Å². The molecule has 0 aromatic rings. The second kappa shape index (κ2) is 4.38. The zero-order valence-corrected chi connectivity index (χ0v) is 6.40. The number of nitrogens with one attached hydrogen (secondary N) is 1. The van der Waals surface area contributed by atoms with Crippen LogP contribution in [-0.2, 0) is 0 Å². The summed E-state index contributed by atoms with van der Waals surface area (Å²) in [5.41, 5.74) is 6.51. The normalized spacial score (nSPS) is 12.1. The third kappa shape index (κ3) is 5.36. The molecule has 0 atom stereocenters. The highest BCUT2D eigenvalue weighted by Gasteiger charge is 1.90. The van der Waals surface area contributed by atoms with Crippen molar-refractivity contribution in [3.8, 4) is 0 Å². The van der Waals surface area contributed by atoms with Crippen LogP contribution in [0.2, 0.25) is 0 Å². The van der Waals surface area contributed by atoms with Crippen molar-refractivity contribution in [2.45, 2.75) is 19.9 Å². The van der Waals surface area contributed by atoms with E-state index in [9.17, 15) is 0 Å². The van der Waals surface area contributed by atoms with Gasteiger partial charge >= 0.3 is 0 Å². The maximum absolute atomic E-state index is 6.65. The van der Waals surface area contributed by atoms with E-state index in [1.807, 2.05) is 13.8 Å². The minimum absolute atomic E-state index is 0.220. The van der Waals surface area contributed by atoms with Crippen molar-refractivity contribution in [2.75, 3.05) is 0 Å². The smallest absolute Gasteiger partial charge is 0.159 e. The molecular weight excluding hydrogens is 134 g/mol. The molecule has 0 saturated carbocycles. The molecule has 0 heterocycles. The van der Waals surface area contributed by atoms with Gasteiger partial charge in [-0.1, -0.05) is 0 Å². The maximum Gasteiger partial charge on any atom is 0.159 e. The van der Waals surface area contributed by atoms with Crippen LogP contribution in [0.15, 0.2) is 4.99 Å². The zero-order valence-electron chi connectivity index (χ0n) is 5.59. The van der Waals surface area contributed by atoms with Gasteiger partial charge in [-0.05, 0) is 25.6 Å². The van der Waals surface area contributed by atoms with Crippen LogP contribution in [0, 0.1) is 5.41 Å². The van der Waals surface area contributed by atoms with Gasteiger partial charge in [-0.2, -0.15) is 0 Å². The second-order valence-corrected chi connectivity index (χ2v) is 2.69. The number of rotatable bonds is 2. The van der Waals surface area contributed by atoms with Gasteiger partial charge in [0.05, 0.1) is 5.55 Å². The fraction of sp³-hybridized carbons (Fsp3) is 0.600. The first-order valence-corrected chi connectivity index (χ1v) is 3.53. The lowest BCUT2D eigenvalue weighted by atomic mass is 10.4. The van der Waals surface area contributed by atoms with E-state index in [4.69, 9.17) is 11.1 Å². The van der Waals surface area contributed by atoms with Crippen LogP contribution < -0.4 is 5.73 Å². The Bertz CT molecular complexity index is 119. The standard InChI is InChI=1S/C5H11N3S/c1-4(2)8-5(7)9-3-6/h3-4,6H,1-2H3,(H2,7,8). The van der Waals surface area contributed by atoms with Crippen LogP contribution in [-0.4, -0.2) is 16.8 Å². The van der Waals surface area contributed by atoms with E-state index in [0.29, 0.717) is 5.17 Å². The third-order valence-electron chi connectivity index (χ3n) is 0.565. The molecule has 9 heavy (non-hydrogen) atoms. The molecule has 0 aromatic carbocycles. The number of hydrogen-bond acceptors (Lipinski definition) is 3. The Morgan fingerprint density at radius 3 is 2.67 bits per heavy atom. The predicted molar refractivity (Wildman–Crippen MR) is 43.1 cm³/mol. The van der Waals surface area contributed by atoms with Gasteiger partial charge in [0, 0.05) is 6.04 Å². The molecular formula is C5H11N3S. The molecule has 0 spiro atoms. The monoisotopic (exact) mass is 145 g/mol. The fourth-order valence-corrected chi connectivity index (χ4v) is 0.738. The SMILES string of the molecule is CC(C)N=C(N)SC=N. The summed E-state index contributed by atoms with van der Waals surface area (Å²) >= 11 is 1.13. The van der Waals surface area contributed by atoms with Crippen molar-refractivity contribution in [3.05, 3.63) is 0 Å². The van der Waals surface area contributed by atoms with Crippen LogP contribution in [0.5, 0.6) is 0 Å². The minimum Gasteiger partial charge on any atom is -0.378 e. The average molecular weight is 145 g/mol. The minimum atomic E-state index is 0.220. The fourth-order valence-electron chi connectivity index (χ4n) is 0.345. The van der Waals surface area contributed by atoms with Crippen LogP contribution in [0.1, 0.15) is 13.8 Å². The number of hydrogen-bond donors (Lipinski definition) is 2. The van der Waals surface area contributed by atoms with Crippen LogP contribution in [0.4, 0.5) is 0 Å². The Labute approximate surface area is 59.2 Å². The summed E-state index contributed by atoms with van der Waals surface area (Å²) in [6.45, 7) is 3.88. The van der Waals surface area contributed by atoms with Crippen LogP contribution in [0.3, 0.4) is 0 Å². The zero-order chi connectivity index (χ0) is 7.28. The number of amidine groups is 1. The molecule has 0 rings (SSSR count). The number of aliphatic imine (C=N–C) groups is 1. The second-order valence-electron chi connectivity index (χ2n) is 1.80. The van der Waals surface area contributed by atoms with Gasteiger partial charge in [-0.3, -0.25) is 4.99 Å². The summed E-state index contributed by atoms with van der Waals surface area (Å²) < 4.78 is 0. The summed E-state index contributed by atoms with van der Waals surface area (Å²) in [5.74, 6) is 0. The van der Waals surface area contributed by atoms with E-state index in [2.05, 4.69) is 4.99 Å². The van der Waals surface area contributed by atoms with E-state index in [1.165, 1.54) is 5.55 Å². The van der Waals surface area contributed by atoms with Gasteiger partial charge < -0.3 is 11.1 Å². The number of thioether (sulfide) groups is 1. The average Bonchev–Trinajstić information content (AvgIpc) is 1.63. The van der Waals surface area contributed by atoms with E-state index in [1.54, 1.807) is 0 Å². The molecule has 0 aliphatic rings. The Balaban J connectivity index is 3.68. The highest BCUT2D eigenvalue weighted by molar-refractivity contribution is 8.24. The van der Waals surface area contributed by atoms with E-state index in [-0.39, 0.29) is 6.04 Å². The summed E-state index contributed by atoms with van der Waals surface area (Å²) in [6.07, 6.45) is 0. The first-order chi connectivity index (χ1) is 4.16. The van der Waals surface area contributed by atoms with Gasteiger partial charge in [0.1, 0.15) is 0 Å². The highest BCUT2D eigenvalue weighted by Crippen LogP contribution is 1.95. The lowest BCUT2D eigenvalue weighted by Gasteiger charge is -1.96. The molecule has 0 radical (unpaired) electrons. The molecule has 0 amide bonds. The summed E-state index contributed by atoms with van der Waals surface area (Å²) in [5, 5.41) is 7.11. The van der Waals surface area contributed by atoms with Gasteiger partial charge in [-0.25, -0.2) is 0 Å². The molecule has 0 unspecified atom stereocenters. The van der Waals surface area contributed by atoms with Crippen molar-refractivity contribution in [1.82, 2.24) is 0 Å². The van der Waals surface area contributed by atoms with Gasteiger partial charge in [0.2, 0.25) is 0 Å². The highest BCUT2D eigenvalue weighted by atomic mass is 32.2. The molecule has 52 valence electrons. The largest absolute Gasteiger partial charge is 0.378 e. The molecule has 0 aliphatic heterocycles. The molecule has 3 N–H and O–H groups in total. The number of nitrogens with two attached hydrogens (primary N) is 1. The Hall–Kier alpha value is -0.510. The van der Waals surface area contributed by atoms with E-state index < -0.39 is 0 Å². The van der Waals surface area contributed by atoms with Crippen LogP contribution in [0.25, 0.3) is 0 Å². The van der Waals surface area contributed by atoms with Crippen molar-refractivity contribution < 1.29 is 0 Å². The molecule has 0 aliphatic carbocycles. The molecule has 0 saturated heterocycles. The lowest BCUT2D eigenvalue weighted by molar-refractivity contribution is 0.838. The third-order valence-corrected chi connectivity index (χ3v) is 1.03. The quantitative estimate of drug-likeness (QED) is 0.450. The first kappa shape index (κ1) is 8.49. The number of nitrogens with zero attached hydrogens (tertiary/aromatic N) is 1. The summed E-state index contributed by atoms with van der Waals surface area (Å²) in [6, 6.07) is 0.220. The van der Waals surface area contributed by atoms with Crippen molar-refractivity contribution in [2.24, 2.45) is 10.7 Å². The van der Waals surface area contributed by atoms with Crippen LogP contribution >= 0.6 is 11.8 Å². The molecule has 3 nitrogen and oxygen atoms in total. The van der Waals surface area contributed by atoms with E-state index >= 15 is 0 Å². The maximum atomic E-state index is 6.65. The van der Waals surface area contributed by atoms with Crippen molar-refractivity contribution in [1.29, 1.82) is 5.41 Å². The van der Waals surface area contributed by atoms with Gasteiger partial charge in [0.25, 0.3) is 0 Å². The van der Waals surface area contributed by atoms with E-state index in [0.717, 1.165) is 11.8 Å². The molecule has 0 bridgehead atoms. The molecule has 4 heteroatoms.